The molecule has 2 aromatic carbocycles. The van der Waals surface area contributed by atoms with E-state index in [0.717, 1.165) is 16.0 Å². The van der Waals surface area contributed by atoms with Gasteiger partial charge in [-0.25, -0.2) is 8.42 Å². The molecular formula is C19H22N2O3S2. The molecule has 138 valence electrons. The molecule has 26 heavy (non-hydrogen) atoms. The van der Waals surface area contributed by atoms with E-state index in [1.165, 1.54) is 6.92 Å². The van der Waals surface area contributed by atoms with Crippen LogP contribution in [-0.2, 0) is 14.8 Å². The third kappa shape index (κ3) is 3.59. The van der Waals surface area contributed by atoms with Gasteiger partial charge in [0.1, 0.15) is 0 Å². The average Bonchev–Trinajstić information content (AvgIpc) is 2.57. The van der Waals surface area contributed by atoms with Gasteiger partial charge in [-0.2, -0.15) is 0 Å². The fraction of sp³-hybridized carbons (Fsp3) is 0.316. The van der Waals surface area contributed by atoms with Gasteiger partial charge in [0, 0.05) is 23.6 Å². The largest absolute Gasteiger partial charge is 0.310 e. The predicted molar refractivity (Wildman–Crippen MR) is 107 cm³/mol. The van der Waals surface area contributed by atoms with Gasteiger partial charge in [-0.05, 0) is 49.2 Å². The number of benzene rings is 2. The van der Waals surface area contributed by atoms with Gasteiger partial charge in [0.25, 0.3) is 10.0 Å². The van der Waals surface area contributed by atoms with Crippen LogP contribution in [0.3, 0.4) is 0 Å². The van der Waals surface area contributed by atoms with E-state index in [2.05, 4.69) is 11.6 Å². The zero-order chi connectivity index (χ0) is 19.1. The summed E-state index contributed by atoms with van der Waals surface area (Å²) in [5, 5.41) is 0.266. The highest BCUT2D eigenvalue weighted by Crippen LogP contribution is 2.40. The highest BCUT2D eigenvalue weighted by Gasteiger charge is 2.27. The molecule has 0 spiro atoms. The quantitative estimate of drug-likeness (QED) is 0.862. The Balaban J connectivity index is 2.00. The number of rotatable bonds is 3. The maximum absolute atomic E-state index is 12.9. The number of nitrogens with zero attached hydrogens (tertiary/aromatic N) is 1. The Kier molecular flexibility index (Phi) is 5.03. The van der Waals surface area contributed by atoms with Crippen molar-refractivity contribution in [3.8, 4) is 0 Å². The first-order chi connectivity index (χ1) is 12.2. The Labute approximate surface area is 158 Å². The first kappa shape index (κ1) is 18.8. The molecule has 0 aliphatic carbocycles. The lowest BCUT2D eigenvalue weighted by Gasteiger charge is -2.32. The molecule has 1 amide bonds. The van der Waals surface area contributed by atoms with E-state index in [1.54, 1.807) is 40.9 Å². The van der Waals surface area contributed by atoms with Crippen LogP contribution in [0.1, 0.15) is 25.0 Å². The number of aryl methyl sites for hydroxylation is 1. The summed E-state index contributed by atoms with van der Waals surface area (Å²) in [6.07, 6.45) is 0. The van der Waals surface area contributed by atoms with E-state index in [4.69, 9.17) is 0 Å². The summed E-state index contributed by atoms with van der Waals surface area (Å²) in [4.78, 5) is 14.7. The normalized spacial score (nSPS) is 16.9. The van der Waals surface area contributed by atoms with Gasteiger partial charge in [0.15, 0.2) is 0 Å². The van der Waals surface area contributed by atoms with Crippen molar-refractivity contribution in [1.29, 1.82) is 0 Å². The second-order valence-corrected chi connectivity index (χ2v) is 9.70. The van der Waals surface area contributed by atoms with E-state index in [0.29, 0.717) is 17.9 Å². The maximum atomic E-state index is 12.9. The topological polar surface area (TPSA) is 66.5 Å². The molecule has 1 unspecified atom stereocenters. The standard InChI is InChI=1S/C19H22N2O3S2/c1-12-6-5-7-17(14(12)3)20-26(23,24)16-8-9-19-18(10-16)21(15(4)22)11-13(2)25-19/h5-10,13,20H,11H2,1-4H3. The molecule has 1 aliphatic heterocycles. The molecule has 0 saturated carbocycles. The number of anilines is 2. The molecule has 0 fully saturated rings. The van der Waals surface area contributed by atoms with E-state index in [1.807, 2.05) is 26.0 Å². The number of thioether (sulfide) groups is 1. The molecule has 0 radical (unpaired) electrons. The molecule has 2 aromatic rings. The van der Waals surface area contributed by atoms with Crippen molar-refractivity contribution in [2.24, 2.45) is 0 Å². The van der Waals surface area contributed by atoms with Crippen molar-refractivity contribution in [2.45, 2.75) is 42.7 Å². The Hall–Kier alpha value is -1.99. The van der Waals surface area contributed by atoms with Crippen molar-refractivity contribution in [3.63, 3.8) is 0 Å². The molecule has 0 aromatic heterocycles. The van der Waals surface area contributed by atoms with Gasteiger partial charge in [-0.1, -0.05) is 19.1 Å². The molecule has 1 aliphatic rings. The number of hydrogen-bond acceptors (Lipinski definition) is 4. The maximum Gasteiger partial charge on any atom is 0.261 e. The van der Waals surface area contributed by atoms with Crippen molar-refractivity contribution in [3.05, 3.63) is 47.5 Å². The predicted octanol–water partition coefficient (Wildman–Crippen LogP) is 3.95. The average molecular weight is 391 g/mol. The first-order valence-corrected chi connectivity index (χ1v) is 10.7. The van der Waals surface area contributed by atoms with Crippen LogP contribution in [0.15, 0.2) is 46.2 Å². The minimum atomic E-state index is -3.75. The molecule has 0 bridgehead atoms. The first-order valence-electron chi connectivity index (χ1n) is 8.37. The zero-order valence-electron chi connectivity index (χ0n) is 15.2. The van der Waals surface area contributed by atoms with Crippen molar-refractivity contribution < 1.29 is 13.2 Å². The van der Waals surface area contributed by atoms with E-state index >= 15 is 0 Å². The molecular weight excluding hydrogens is 368 g/mol. The summed E-state index contributed by atoms with van der Waals surface area (Å²) in [6, 6.07) is 10.5. The summed E-state index contributed by atoms with van der Waals surface area (Å²) in [5.74, 6) is -0.0876. The molecule has 1 atom stereocenters. The molecule has 7 heteroatoms. The Morgan fingerprint density at radius 2 is 1.96 bits per heavy atom. The van der Waals surface area contributed by atoms with Gasteiger partial charge in [-0.15, -0.1) is 11.8 Å². The lowest BCUT2D eigenvalue weighted by molar-refractivity contribution is -0.116. The van der Waals surface area contributed by atoms with Crippen LogP contribution >= 0.6 is 11.8 Å². The van der Waals surface area contributed by atoms with Gasteiger partial charge in [-0.3, -0.25) is 9.52 Å². The number of carbonyl (C=O) groups is 1. The summed E-state index contributed by atoms with van der Waals surface area (Å²) >= 11 is 1.65. The molecule has 3 rings (SSSR count). The van der Waals surface area contributed by atoms with Crippen LogP contribution in [0.25, 0.3) is 0 Å². The lowest BCUT2D eigenvalue weighted by Crippen LogP contribution is -2.37. The minimum Gasteiger partial charge on any atom is -0.310 e. The summed E-state index contributed by atoms with van der Waals surface area (Å²) in [5.41, 5.74) is 3.13. The summed E-state index contributed by atoms with van der Waals surface area (Å²) in [6.45, 7) is 7.95. The van der Waals surface area contributed by atoms with Gasteiger partial charge < -0.3 is 4.90 Å². The second kappa shape index (κ2) is 6.96. The van der Waals surface area contributed by atoms with Crippen LogP contribution in [0.2, 0.25) is 0 Å². The van der Waals surface area contributed by atoms with Crippen molar-refractivity contribution >= 4 is 39.1 Å². The van der Waals surface area contributed by atoms with E-state index in [-0.39, 0.29) is 16.1 Å². The van der Waals surface area contributed by atoms with E-state index < -0.39 is 10.0 Å². The fourth-order valence-corrected chi connectivity index (χ4v) is 5.18. The van der Waals surface area contributed by atoms with Crippen LogP contribution in [0.5, 0.6) is 0 Å². The molecule has 0 saturated heterocycles. The zero-order valence-corrected chi connectivity index (χ0v) is 16.9. The Morgan fingerprint density at radius 3 is 2.65 bits per heavy atom. The highest BCUT2D eigenvalue weighted by atomic mass is 32.2. The number of hydrogen-bond donors (Lipinski definition) is 1. The van der Waals surface area contributed by atoms with Gasteiger partial charge in [0.05, 0.1) is 16.3 Å². The van der Waals surface area contributed by atoms with Gasteiger partial charge in [0.2, 0.25) is 5.91 Å². The second-order valence-electron chi connectivity index (χ2n) is 6.54. The smallest absolute Gasteiger partial charge is 0.261 e. The Bertz CT molecular complexity index is 971. The van der Waals surface area contributed by atoms with Crippen LogP contribution in [0.4, 0.5) is 11.4 Å². The van der Waals surface area contributed by atoms with Gasteiger partial charge >= 0.3 is 0 Å². The number of sulfonamides is 1. The number of nitrogens with one attached hydrogen (secondary N) is 1. The monoisotopic (exact) mass is 390 g/mol. The van der Waals surface area contributed by atoms with Crippen LogP contribution in [-0.4, -0.2) is 26.1 Å². The third-order valence-electron chi connectivity index (χ3n) is 4.53. The number of carbonyl (C=O) groups excluding carboxylic acids is 1. The molecule has 1 N–H and O–H groups in total. The minimum absolute atomic E-state index is 0.0876. The highest BCUT2D eigenvalue weighted by molar-refractivity contribution is 8.00. The number of amides is 1. The Morgan fingerprint density at radius 1 is 1.23 bits per heavy atom. The third-order valence-corrected chi connectivity index (χ3v) is 7.04. The lowest BCUT2D eigenvalue weighted by atomic mass is 10.1. The van der Waals surface area contributed by atoms with Crippen LogP contribution < -0.4 is 9.62 Å². The number of fused-ring (bicyclic) bond motifs is 1. The SMILES string of the molecule is CC(=O)N1CC(C)Sc2ccc(S(=O)(=O)Nc3cccc(C)c3C)cc21. The van der Waals surface area contributed by atoms with Crippen molar-refractivity contribution in [1.82, 2.24) is 0 Å². The summed E-state index contributed by atoms with van der Waals surface area (Å²) in [7, 11) is -3.75. The summed E-state index contributed by atoms with van der Waals surface area (Å²) < 4.78 is 28.4. The fourth-order valence-electron chi connectivity index (χ4n) is 2.95. The van der Waals surface area contributed by atoms with Crippen LogP contribution in [0, 0.1) is 13.8 Å². The van der Waals surface area contributed by atoms with E-state index in [9.17, 15) is 13.2 Å². The van der Waals surface area contributed by atoms with Crippen molar-refractivity contribution in [2.75, 3.05) is 16.2 Å². The molecule has 5 nitrogen and oxygen atoms in total. The molecule has 1 heterocycles.